The zero-order chi connectivity index (χ0) is 16.4. The van der Waals surface area contributed by atoms with Crippen molar-refractivity contribution < 1.29 is 13.2 Å². The summed E-state index contributed by atoms with van der Waals surface area (Å²) in [5, 5.41) is 6.21. The van der Waals surface area contributed by atoms with Gasteiger partial charge < -0.3 is 4.90 Å². The van der Waals surface area contributed by atoms with Gasteiger partial charge in [0.05, 0.1) is 31.0 Å². The SMILES string of the molecule is CS(=O)(=O)NCC1CN(C(=O)Cc2cccs2)Cc2ccnn21. The molecule has 23 heavy (non-hydrogen) atoms. The molecule has 3 heterocycles. The number of hydrogen-bond acceptors (Lipinski definition) is 5. The Labute approximate surface area is 139 Å². The zero-order valence-electron chi connectivity index (χ0n) is 12.7. The van der Waals surface area contributed by atoms with Crippen LogP contribution in [-0.4, -0.2) is 48.4 Å². The average Bonchev–Trinajstić information content (AvgIpc) is 3.14. The van der Waals surface area contributed by atoms with Crippen LogP contribution in [-0.2, 0) is 27.8 Å². The van der Waals surface area contributed by atoms with Crippen LogP contribution in [0.1, 0.15) is 16.6 Å². The molecule has 1 amide bonds. The lowest BCUT2D eigenvalue weighted by molar-refractivity contribution is -0.132. The van der Waals surface area contributed by atoms with E-state index >= 15 is 0 Å². The molecule has 1 unspecified atom stereocenters. The van der Waals surface area contributed by atoms with Gasteiger partial charge in [0, 0.05) is 24.2 Å². The fourth-order valence-corrected chi connectivity index (χ4v) is 3.84. The van der Waals surface area contributed by atoms with E-state index < -0.39 is 10.0 Å². The van der Waals surface area contributed by atoms with Gasteiger partial charge in [0.1, 0.15) is 0 Å². The largest absolute Gasteiger partial charge is 0.334 e. The standard InChI is InChI=1S/C14H18N4O3S2/c1-23(20,21)16-8-12-10-17(9-11-4-5-15-18(11)12)14(19)7-13-3-2-6-22-13/h2-6,12,16H,7-10H2,1H3. The molecule has 9 heteroatoms. The Morgan fingerprint density at radius 1 is 1.48 bits per heavy atom. The Kier molecular flexibility index (Phi) is 4.51. The molecule has 0 aromatic carbocycles. The number of sulfonamides is 1. The van der Waals surface area contributed by atoms with Crippen LogP contribution in [0.3, 0.4) is 0 Å². The van der Waals surface area contributed by atoms with E-state index in [0.717, 1.165) is 16.8 Å². The Morgan fingerprint density at radius 2 is 2.30 bits per heavy atom. The van der Waals surface area contributed by atoms with Crippen LogP contribution in [0.15, 0.2) is 29.8 Å². The van der Waals surface area contributed by atoms with E-state index in [9.17, 15) is 13.2 Å². The molecule has 0 saturated heterocycles. The highest BCUT2D eigenvalue weighted by molar-refractivity contribution is 7.88. The van der Waals surface area contributed by atoms with Gasteiger partial charge in [0.15, 0.2) is 0 Å². The van der Waals surface area contributed by atoms with Crippen molar-refractivity contribution in [1.82, 2.24) is 19.4 Å². The summed E-state index contributed by atoms with van der Waals surface area (Å²) in [6, 6.07) is 5.53. The average molecular weight is 354 g/mol. The Balaban J connectivity index is 1.73. The number of amides is 1. The number of carbonyl (C=O) groups excluding carboxylic acids is 1. The lowest BCUT2D eigenvalue weighted by atomic mass is 10.1. The zero-order valence-corrected chi connectivity index (χ0v) is 14.3. The highest BCUT2D eigenvalue weighted by Gasteiger charge is 2.29. The monoisotopic (exact) mass is 354 g/mol. The summed E-state index contributed by atoms with van der Waals surface area (Å²) in [7, 11) is -3.28. The number of aromatic nitrogens is 2. The van der Waals surface area contributed by atoms with E-state index in [1.807, 2.05) is 23.6 Å². The second-order valence-electron chi connectivity index (χ2n) is 5.57. The molecule has 7 nitrogen and oxygen atoms in total. The number of fused-ring (bicyclic) bond motifs is 1. The van der Waals surface area contributed by atoms with Gasteiger partial charge in [-0.15, -0.1) is 11.3 Å². The first-order chi connectivity index (χ1) is 10.9. The van der Waals surface area contributed by atoms with Crippen LogP contribution in [0.5, 0.6) is 0 Å². The molecule has 0 fully saturated rings. The number of nitrogens with one attached hydrogen (secondary N) is 1. The second kappa shape index (κ2) is 6.42. The molecule has 0 aliphatic carbocycles. The van der Waals surface area contributed by atoms with Crippen molar-refractivity contribution in [3.63, 3.8) is 0 Å². The van der Waals surface area contributed by atoms with E-state index in [1.54, 1.807) is 27.1 Å². The summed E-state index contributed by atoms with van der Waals surface area (Å²) in [6.45, 7) is 1.16. The Hall–Kier alpha value is -1.71. The van der Waals surface area contributed by atoms with Crippen molar-refractivity contribution in [3.05, 3.63) is 40.3 Å². The number of hydrogen-bond donors (Lipinski definition) is 1. The van der Waals surface area contributed by atoms with Crippen LogP contribution < -0.4 is 4.72 Å². The van der Waals surface area contributed by atoms with E-state index in [0.29, 0.717) is 19.5 Å². The molecule has 0 bridgehead atoms. The van der Waals surface area contributed by atoms with Crippen molar-refractivity contribution in [2.45, 2.75) is 19.0 Å². The van der Waals surface area contributed by atoms with Crippen LogP contribution >= 0.6 is 11.3 Å². The van der Waals surface area contributed by atoms with Gasteiger partial charge in [-0.05, 0) is 17.5 Å². The molecule has 0 spiro atoms. The predicted octanol–water partition coefficient (Wildman–Crippen LogP) is 0.620. The minimum absolute atomic E-state index is 0.0456. The second-order valence-corrected chi connectivity index (χ2v) is 8.44. The molecular weight excluding hydrogens is 336 g/mol. The number of nitrogens with zero attached hydrogens (tertiary/aromatic N) is 3. The Morgan fingerprint density at radius 3 is 3.00 bits per heavy atom. The first kappa shape index (κ1) is 16.2. The first-order valence-electron chi connectivity index (χ1n) is 7.19. The molecule has 0 radical (unpaired) electrons. The molecule has 2 aromatic heterocycles. The summed E-state index contributed by atoms with van der Waals surface area (Å²) < 4.78 is 27.0. The van der Waals surface area contributed by atoms with Gasteiger partial charge >= 0.3 is 0 Å². The molecule has 1 aliphatic heterocycles. The first-order valence-corrected chi connectivity index (χ1v) is 9.96. The van der Waals surface area contributed by atoms with E-state index in [-0.39, 0.29) is 18.5 Å². The third-order valence-electron chi connectivity index (χ3n) is 3.72. The summed E-state index contributed by atoms with van der Waals surface area (Å²) in [5.74, 6) is 0.0456. The highest BCUT2D eigenvalue weighted by atomic mass is 32.2. The summed E-state index contributed by atoms with van der Waals surface area (Å²) in [4.78, 5) is 15.3. The molecule has 124 valence electrons. The van der Waals surface area contributed by atoms with Crippen molar-refractivity contribution >= 4 is 27.3 Å². The molecular formula is C14H18N4O3S2. The third kappa shape index (κ3) is 3.98. The number of rotatable bonds is 5. The number of thiophene rings is 1. The van der Waals surface area contributed by atoms with Crippen LogP contribution in [0.4, 0.5) is 0 Å². The normalized spacial score (nSPS) is 18.0. The van der Waals surface area contributed by atoms with Gasteiger partial charge in [0.25, 0.3) is 0 Å². The molecule has 1 atom stereocenters. The molecule has 2 aromatic rings. The maximum atomic E-state index is 12.5. The van der Waals surface area contributed by atoms with Crippen molar-refractivity contribution in [3.8, 4) is 0 Å². The van der Waals surface area contributed by atoms with E-state index in [4.69, 9.17) is 0 Å². The smallest absolute Gasteiger partial charge is 0.228 e. The topological polar surface area (TPSA) is 84.3 Å². The molecule has 1 aliphatic rings. The fourth-order valence-electron chi connectivity index (χ4n) is 2.65. The van der Waals surface area contributed by atoms with Gasteiger partial charge in [-0.1, -0.05) is 6.07 Å². The maximum absolute atomic E-state index is 12.5. The van der Waals surface area contributed by atoms with Crippen LogP contribution in [0.2, 0.25) is 0 Å². The van der Waals surface area contributed by atoms with Crippen LogP contribution in [0.25, 0.3) is 0 Å². The summed E-state index contributed by atoms with van der Waals surface area (Å²) in [6.07, 6.45) is 3.17. The fraction of sp³-hybridized carbons (Fsp3) is 0.429. The number of carbonyl (C=O) groups is 1. The quantitative estimate of drug-likeness (QED) is 0.853. The minimum Gasteiger partial charge on any atom is -0.334 e. The lowest BCUT2D eigenvalue weighted by Crippen LogP contribution is -2.45. The molecule has 3 rings (SSSR count). The van der Waals surface area contributed by atoms with Crippen LogP contribution in [0, 0.1) is 0 Å². The highest BCUT2D eigenvalue weighted by Crippen LogP contribution is 2.21. The van der Waals surface area contributed by atoms with Crippen molar-refractivity contribution in [2.75, 3.05) is 19.3 Å². The summed E-state index contributed by atoms with van der Waals surface area (Å²) in [5.41, 5.74) is 0.913. The maximum Gasteiger partial charge on any atom is 0.228 e. The third-order valence-corrected chi connectivity index (χ3v) is 5.29. The van der Waals surface area contributed by atoms with Gasteiger partial charge in [-0.25, -0.2) is 13.1 Å². The van der Waals surface area contributed by atoms with E-state index in [2.05, 4.69) is 9.82 Å². The Bertz CT molecular complexity index is 783. The summed E-state index contributed by atoms with van der Waals surface area (Å²) >= 11 is 1.56. The molecule has 0 saturated carbocycles. The van der Waals surface area contributed by atoms with Gasteiger partial charge in [-0.3, -0.25) is 9.48 Å². The van der Waals surface area contributed by atoms with Crippen molar-refractivity contribution in [2.24, 2.45) is 0 Å². The minimum atomic E-state index is -3.28. The predicted molar refractivity (Wildman–Crippen MR) is 87.6 cm³/mol. The van der Waals surface area contributed by atoms with Gasteiger partial charge in [-0.2, -0.15) is 5.10 Å². The molecule has 1 N–H and O–H groups in total. The lowest BCUT2D eigenvalue weighted by Gasteiger charge is -2.34. The van der Waals surface area contributed by atoms with E-state index in [1.165, 1.54) is 0 Å². The van der Waals surface area contributed by atoms with Gasteiger partial charge in [0.2, 0.25) is 15.9 Å². The van der Waals surface area contributed by atoms with Crippen molar-refractivity contribution in [1.29, 1.82) is 0 Å².